The SMILES string of the molecule is COc1cc(C)c(C(NN)C2CCCCC2)cc1C. The highest BCUT2D eigenvalue weighted by Gasteiger charge is 2.25. The molecule has 3 N–H and O–H groups in total. The largest absolute Gasteiger partial charge is 0.496 e. The van der Waals surface area contributed by atoms with Gasteiger partial charge in [-0.2, -0.15) is 0 Å². The Morgan fingerprint density at radius 3 is 2.42 bits per heavy atom. The first-order valence-corrected chi connectivity index (χ1v) is 7.28. The summed E-state index contributed by atoms with van der Waals surface area (Å²) >= 11 is 0. The van der Waals surface area contributed by atoms with E-state index in [1.54, 1.807) is 7.11 Å². The van der Waals surface area contributed by atoms with Gasteiger partial charge in [0.2, 0.25) is 0 Å². The summed E-state index contributed by atoms with van der Waals surface area (Å²) in [5.74, 6) is 7.46. The molecule has 0 spiro atoms. The van der Waals surface area contributed by atoms with Gasteiger partial charge in [-0.05, 0) is 55.4 Å². The molecule has 1 fully saturated rings. The lowest BCUT2D eigenvalue weighted by Gasteiger charge is -2.31. The highest BCUT2D eigenvalue weighted by Crippen LogP contribution is 2.36. The van der Waals surface area contributed by atoms with Crippen molar-refractivity contribution in [2.24, 2.45) is 11.8 Å². The lowest BCUT2D eigenvalue weighted by Crippen LogP contribution is -2.35. The van der Waals surface area contributed by atoms with Crippen LogP contribution in [0.25, 0.3) is 0 Å². The summed E-state index contributed by atoms with van der Waals surface area (Å²) in [5.41, 5.74) is 6.82. The average Bonchev–Trinajstić information content (AvgIpc) is 2.44. The van der Waals surface area contributed by atoms with Gasteiger partial charge in [0.05, 0.1) is 7.11 Å². The standard InChI is InChI=1S/C16H26N2O/c1-11-10-15(19-3)12(2)9-14(11)16(18-17)13-7-5-4-6-8-13/h9-10,13,16,18H,4-8,17H2,1-3H3. The maximum Gasteiger partial charge on any atom is 0.122 e. The molecule has 1 aromatic rings. The summed E-state index contributed by atoms with van der Waals surface area (Å²) < 4.78 is 5.39. The first-order valence-electron chi connectivity index (χ1n) is 7.28. The van der Waals surface area contributed by atoms with Crippen molar-refractivity contribution >= 4 is 0 Å². The predicted octanol–water partition coefficient (Wildman–Crippen LogP) is 3.40. The van der Waals surface area contributed by atoms with Crippen LogP contribution < -0.4 is 16.0 Å². The van der Waals surface area contributed by atoms with Crippen molar-refractivity contribution in [2.45, 2.75) is 52.0 Å². The fraction of sp³-hybridized carbons (Fsp3) is 0.625. The molecule has 1 aromatic carbocycles. The zero-order valence-electron chi connectivity index (χ0n) is 12.3. The molecule has 0 amide bonds. The molecular formula is C16H26N2O. The van der Waals surface area contributed by atoms with Crippen molar-refractivity contribution in [1.29, 1.82) is 0 Å². The molecule has 1 aliphatic carbocycles. The summed E-state index contributed by atoms with van der Waals surface area (Å²) in [4.78, 5) is 0. The number of hydrazine groups is 1. The number of nitrogens with two attached hydrogens (primary N) is 1. The maximum atomic E-state index is 5.84. The molecule has 0 aliphatic heterocycles. The van der Waals surface area contributed by atoms with Crippen LogP contribution in [0.3, 0.4) is 0 Å². The second-order valence-electron chi connectivity index (χ2n) is 5.72. The molecule has 0 bridgehead atoms. The maximum absolute atomic E-state index is 5.84. The van der Waals surface area contributed by atoms with E-state index in [0.717, 1.165) is 5.75 Å². The van der Waals surface area contributed by atoms with Crippen LogP contribution in [-0.4, -0.2) is 7.11 Å². The molecule has 1 saturated carbocycles. The molecule has 0 heterocycles. The van der Waals surface area contributed by atoms with Crippen molar-refractivity contribution in [3.63, 3.8) is 0 Å². The smallest absolute Gasteiger partial charge is 0.122 e. The van der Waals surface area contributed by atoms with Crippen molar-refractivity contribution in [1.82, 2.24) is 5.43 Å². The third-order valence-electron chi connectivity index (χ3n) is 4.42. The fourth-order valence-corrected chi connectivity index (χ4v) is 3.31. The normalized spacial score (nSPS) is 18.3. The van der Waals surface area contributed by atoms with E-state index in [2.05, 4.69) is 31.4 Å². The van der Waals surface area contributed by atoms with Gasteiger partial charge in [-0.1, -0.05) is 25.3 Å². The van der Waals surface area contributed by atoms with Gasteiger partial charge in [0.15, 0.2) is 0 Å². The summed E-state index contributed by atoms with van der Waals surface area (Å²) in [6.07, 6.45) is 6.58. The molecule has 106 valence electrons. The average molecular weight is 262 g/mol. The van der Waals surface area contributed by atoms with Crippen LogP contribution in [0.1, 0.15) is 54.8 Å². The molecular weight excluding hydrogens is 236 g/mol. The highest BCUT2D eigenvalue weighted by atomic mass is 16.5. The zero-order chi connectivity index (χ0) is 13.8. The minimum absolute atomic E-state index is 0.268. The topological polar surface area (TPSA) is 47.3 Å². The van der Waals surface area contributed by atoms with E-state index in [1.807, 2.05) is 0 Å². The summed E-state index contributed by atoms with van der Waals surface area (Å²) in [5, 5.41) is 0. The lowest BCUT2D eigenvalue weighted by molar-refractivity contribution is 0.272. The molecule has 1 unspecified atom stereocenters. The van der Waals surface area contributed by atoms with E-state index in [9.17, 15) is 0 Å². The number of hydrogen-bond donors (Lipinski definition) is 2. The molecule has 3 heteroatoms. The molecule has 0 aromatic heterocycles. The van der Waals surface area contributed by atoms with Gasteiger partial charge >= 0.3 is 0 Å². The van der Waals surface area contributed by atoms with Crippen molar-refractivity contribution in [3.05, 3.63) is 28.8 Å². The van der Waals surface area contributed by atoms with E-state index >= 15 is 0 Å². The summed E-state index contributed by atoms with van der Waals surface area (Å²) in [6, 6.07) is 4.62. The number of rotatable bonds is 4. The van der Waals surface area contributed by atoms with Crippen molar-refractivity contribution in [2.75, 3.05) is 7.11 Å². The van der Waals surface area contributed by atoms with Crippen molar-refractivity contribution < 1.29 is 4.74 Å². The second kappa shape index (κ2) is 6.40. The van der Waals surface area contributed by atoms with E-state index in [4.69, 9.17) is 10.6 Å². The Morgan fingerprint density at radius 2 is 1.84 bits per heavy atom. The third-order valence-corrected chi connectivity index (χ3v) is 4.42. The van der Waals surface area contributed by atoms with Gasteiger partial charge in [0.1, 0.15) is 5.75 Å². The van der Waals surface area contributed by atoms with E-state index < -0.39 is 0 Å². The van der Waals surface area contributed by atoms with Gasteiger partial charge in [0, 0.05) is 6.04 Å². The first kappa shape index (κ1) is 14.4. The number of benzene rings is 1. The van der Waals surface area contributed by atoms with E-state index in [0.29, 0.717) is 5.92 Å². The minimum Gasteiger partial charge on any atom is -0.496 e. The monoisotopic (exact) mass is 262 g/mol. The minimum atomic E-state index is 0.268. The Bertz CT molecular complexity index is 425. The molecule has 0 radical (unpaired) electrons. The Morgan fingerprint density at radius 1 is 1.16 bits per heavy atom. The van der Waals surface area contributed by atoms with Gasteiger partial charge < -0.3 is 4.74 Å². The predicted molar refractivity (Wildman–Crippen MR) is 79.1 cm³/mol. The number of ether oxygens (including phenoxy) is 1. The third kappa shape index (κ3) is 3.10. The van der Waals surface area contributed by atoms with Crippen LogP contribution in [0.5, 0.6) is 5.75 Å². The van der Waals surface area contributed by atoms with Gasteiger partial charge in [-0.15, -0.1) is 0 Å². The first-order chi connectivity index (χ1) is 9.17. The lowest BCUT2D eigenvalue weighted by atomic mass is 9.80. The number of methoxy groups -OCH3 is 1. The van der Waals surface area contributed by atoms with Gasteiger partial charge in [-0.25, -0.2) is 0 Å². The fourth-order valence-electron chi connectivity index (χ4n) is 3.31. The number of nitrogens with one attached hydrogen (secondary N) is 1. The summed E-state index contributed by atoms with van der Waals surface area (Å²) in [6.45, 7) is 4.24. The number of aryl methyl sites for hydroxylation is 2. The molecule has 0 saturated heterocycles. The Hall–Kier alpha value is -1.06. The van der Waals surface area contributed by atoms with Gasteiger partial charge in [0.25, 0.3) is 0 Å². The van der Waals surface area contributed by atoms with E-state index in [1.165, 1.54) is 48.8 Å². The molecule has 2 rings (SSSR count). The quantitative estimate of drug-likeness (QED) is 0.646. The van der Waals surface area contributed by atoms with Crippen LogP contribution in [0, 0.1) is 19.8 Å². The van der Waals surface area contributed by atoms with Crippen LogP contribution in [0.2, 0.25) is 0 Å². The Balaban J connectivity index is 2.29. The zero-order valence-corrected chi connectivity index (χ0v) is 12.3. The van der Waals surface area contributed by atoms with Crippen LogP contribution in [0.15, 0.2) is 12.1 Å². The molecule has 1 aliphatic rings. The van der Waals surface area contributed by atoms with Crippen molar-refractivity contribution in [3.8, 4) is 5.75 Å². The summed E-state index contributed by atoms with van der Waals surface area (Å²) in [7, 11) is 1.72. The van der Waals surface area contributed by atoms with Crippen LogP contribution in [0.4, 0.5) is 0 Å². The van der Waals surface area contributed by atoms with Gasteiger partial charge in [-0.3, -0.25) is 11.3 Å². The Labute approximate surface area is 116 Å². The second-order valence-corrected chi connectivity index (χ2v) is 5.72. The van der Waals surface area contributed by atoms with Crippen LogP contribution >= 0.6 is 0 Å². The molecule has 1 atom stereocenters. The highest BCUT2D eigenvalue weighted by molar-refractivity contribution is 5.43. The molecule has 19 heavy (non-hydrogen) atoms. The Kier molecular flexibility index (Phi) is 4.83. The van der Waals surface area contributed by atoms with Crippen LogP contribution in [-0.2, 0) is 0 Å². The molecule has 3 nitrogen and oxygen atoms in total. The number of hydrogen-bond acceptors (Lipinski definition) is 3. The van der Waals surface area contributed by atoms with E-state index in [-0.39, 0.29) is 6.04 Å².